The number of amides is 1. The Labute approximate surface area is 299 Å². The third kappa shape index (κ3) is 7.59. The minimum Gasteiger partial charge on any atom is -0.489 e. The summed E-state index contributed by atoms with van der Waals surface area (Å²) in [7, 11) is 0. The lowest BCUT2D eigenvalue weighted by Gasteiger charge is -2.28. The van der Waals surface area contributed by atoms with E-state index in [9.17, 15) is 4.79 Å². The van der Waals surface area contributed by atoms with Crippen LogP contribution in [0, 0.1) is 0 Å². The van der Waals surface area contributed by atoms with Crippen molar-refractivity contribution in [1.29, 1.82) is 0 Å². The summed E-state index contributed by atoms with van der Waals surface area (Å²) in [6.45, 7) is 3.76. The molecule has 0 radical (unpaired) electrons. The number of nitrogens with zero attached hydrogens (tertiary/aromatic N) is 5. The summed E-state index contributed by atoms with van der Waals surface area (Å²) in [5.41, 5.74) is 7.96. The van der Waals surface area contributed by atoms with E-state index in [0.717, 1.165) is 76.5 Å². The Balaban J connectivity index is 0.965. The third-order valence-corrected chi connectivity index (χ3v) is 9.37. The first-order valence-electron chi connectivity index (χ1n) is 16.8. The van der Waals surface area contributed by atoms with Gasteiger partial charge in [0.1, 0.15) is 18.1 Å². The van der Waals surface area contributed by atoms with Gasteiger partial charge in [-0.3, -0.25) is 9.20 Å². The predicted octanol–water partition coefficient (Wildman–Crippen LogP) is 7.86. The van der Waals surface area contributed by atoms with Crippen molar-refractivity contribution in [3.63, 3.8) is 0 Å². The first-order chi connectivity index (χ1) is 25.1. The van der Waals surface area contributed by atoms with Crippen LogP contribution in [0.3, 0.4) is 0 Å². The molecule has 4 aromatic carbocycles. The van der Waals surface area contributed by atoms with Gasteiger partial charge in [-0.1, -0.05) is 54.6 Å². The highest BCUT2D eigenvalue weighted by Crippen LogP contribution is 2.35. The van der Waals surface area contributed by atoms with Gasteiger partial charge in [-0.05, 0) is 65.7 Å². The predicted molar refractivity (Wildman–Crippen MR) is 202 cm³/mol. The second-order valence-electron chi connectivity index (χ2n) is 12.1. The molecule has 1 fully saturated rings. The molecule has 11 heteroatoms. The van der Waals surface area contributed by atoms with Gasteiger partial charge in [-0.25, -0.2) is 15.0 Å². The molecule has 1 amide bonds. The SMILES string of the molecule is O=C(Cc1ccc(OCc2ccccc2)cc1)Nc1cccc(-c2nc3sccn3c2-c2ccnc(Nc3ccc(N4CCOCC4)cc3)n2)c1. The Bertz CT molecular complexity index is 2250. The quantitative estimate of drug-likeness (QED) is 0.141. The minimum atomic E-state index is -0.111. The fourth-order valence-corrected chi connectivity index (χ4v) is 6.78. The zero-order valence-corrected chi connectivity index (χ0v) is 28.6. The molecule has 51 heavy (non-hydrogen) atoms. The largest absolute Gasteiger partial charge is 0.489 e. The summed E-state index contributed by atoms with van der Waals surface area (Å²) >= 11 is 1.55. The Morgan fingerprint density at radius 1 is 0.843 bits per heavy atom. The maximum atomic E-state index is 13.1. The van der Waals surface area contributed by atoms with Crippen molar-refractivity contribution in [2.24, 2.45) is 0 Å². The van der Waals surface area contributed by atoms with E-state index >= 15 is 0 Å². The number of fused-ring (bicyclic) bond motifs is 1. The van der Waals surface area contributed by atoms with Crippen molar-refractivity contribution >= 4 is 45.2 Å². The van der Waals surface area contributed by atoms with Crippen LogP contribution < -0.4 is 20.3 Å². The summed E-state index contributed by atoms with van der Waals surface area (Å²) in [5, 5.41) is 8.42. The fraction of sp³-hybridized carbons (Fsp3) is 0.150. The van der Waals surface area contributed by atoms with Crippen molar-refractivity contribution in [3.05, 3.63) is 138 Å². The van der Waals surface area contributed by atoms with Gasteiger partial charge in [-0.2, -0.15) is 0 Å². The number of hydrogen-bond donors (Lipinski definition) is 2. The molecule has 7 aromatic rings. The van der Waals surface area contributed by atoms with E-state index < -0.39 is 0 Å². The first kappa shape index (κ1) is 32.2. The van der Waals surface area contributed by atoms with Gasteiger partial charge in [0.05, 0.1) is 31.0 Å². The van der Waals surface area contributed by atoms with Crippen molar-refractivity contribution in [3.8, 4) is 28.4 Å². The van der Waals surface area contributed by atoms with Crippen LogP contribution in [0.15, 0.2) is 127 Å². The summed E-state index contributed by atoms with van der Waals surface area (Å²) in [6.07, 6.45) is 3.98. The number of carbonyl (C=O) groups excluding carboxylic acids is 1. The number of aromatic nitrogens is 4. The highest BCUT2D eigenvalue weighted by atomic mass is 32.1. The van der Waals surface area contributed by atoms with Gasteiger partial charge in [0, 0.05) is 53.5 Å². The van der Waals surface area contributed by atoms with Crippen LogP contribution in [-0.2, 0) is 22.6 Å². The summed E-state index contributed by atoms with van der Waals surface area (Å²) < 4.78 is 13.4. The van der Waals surface area contributed by atoms with Gasteiger partial charge >= 0.3 is 0 Å². The van der Waals surface area contributed by atoms with E-state index in [4.69, 9.17) is 19.4 Å². The molecule has 0 atom stereocenters. The first-order valence-corrected chi connectivity index (χ1v) is 17.7. The van der Waals surface area contributed by atoms with Crippen molar-refractivity contribution in [2.45, 2.75) is 13.0 Å². The molecule has 0 unspecified atom stereocenters. The third-order valence-electron chi connectivity index (χ3n) is 8.62. The monoisotopic (exact) mass is 693 g/mol. The van der Waals surface area contributed by atoms with Crippen molar-refractivity contribution in [1.82, 2.24) is 19.4 Å². The molecule has 4 heterocycles. The lowest BCUT2D eigenvalue weighted by atomic mass is 10.1. The highest BCUT2D eigenvalue weighted by Gasteiger charge is 2.19. The number of nitrogens with one attached hydrogen (secondary N) is 2. The molecule has 0 aliphatic carbocycles. The van der Waals surface area contributed by atoms with E-state index in [1.807, 2.05) is 113 Å². The van der Waals surface area contributed by atoms with Crippen molar-refractivity contribution in [2.75, 3.05) is 41.8 Å². The molecular weight excluding hydrogens is 659 g/mol. The number of carbonyl (C=O) groups is 1. The smallest absolute Gasteiger partial charge is 0.228 e. The average Bonchev–Trinajstić information content (AvgIpc) is 3.78. The Morgan fingerprint density at radius 3 is 2.49 bits per heavy atom. The van der Waals surface area contributed by atoms with E-state index in [0.29, 0.717) is 18.2 Å². The van der Waals surface area contributed by atoms with Gasteiger partial charge in [-0.15, -0.1) is 11.3 Å². The number of anilines is 4. The molecule has 3 aromatic heterocycles. The molecular formula is C40H35N7O3S. The molecule has 254 valence electrons. The number of benzene rings is 4. The Hall–Kier alpha value is -6.04. The van der Waals surface area contributed by atoms with Crippen LogP contribution >= 0.6 is 11.3 Å². The number of ether oxygens (including phenoxy) is 2. The van der Waals surface area contributed by atoms with Crippen LogP contribution in [0.2, 0.25) is 0 Å². The van der Waals surface area contributed by atoms with Gasteiger partial charge in [0.25, 0.3) is 0 Å². The molecule has 10 nitrogen and oxygen atoms in total. The zero-order valence-electron chi connectivity index (χ0n) is 27.7. The molecule has 8 rings (SSSR count). The molecule has 1 saturated heterocycles. The Kier molecular flexibility index (Phi) is 9.36. The van der Waals surface area contributed by atoms with Gasteiger partial charge < -0.3 is 25.0 Å². The summed E-state index contributed by atoms with van der Waals surface area (Å²) in [5.74, 6) is 1.14. The number of imidazole rings is 1. The number of morpholine rings is 1. The van der Waals surface area contributed by atoms with E-state index in [1.165, 1.54) is 5.69 Å². The highest BCUT2D eigenvalue weighted by molar-refractivity contribution is 7.15. The lowest BCUT2D eigenvalue weighted by molar-refractivity contribution is -0.115. The van der Waals surface area contributed by atoms with Crippen molar-refractivity contribution < 1.29 is 14.3 Å². The molecule has 1 aliphatic rings. The average molecular weight is 694 g/mol. The second kappa shape index (κ2) is 14.8. The molecule has 0 spiro atoms. The van der Waals surface area contributed by atoms with Crippen LogP contribution in [0.4, 0.5) is 23.0 Å². The van der Waals surface area contributed by atoms with Gasteiger partial charge in [0.2, 0.25) is 11.9 Å². The van der Waals surface area contributed by atoms with E-state index in [-0.39, 0.29) is 12.3 Å². The molecule has 0 saturated carbocycles. The normalized spacial score (nSPS) is 12.9. The van der Waals surface area contributed by atoms with Crippen LogP contribution in [-0.4, -0.2) is 51.6 Å². The van der Waals surface area contributed by atoms with Crippen LogP contribution in [0.25, 0.3) is 27.6 Å². The molecule has 2 N–H and O–H groups in total. The Morgan fingerprint density at radius 2 is 1.67 bits per heavy atom. The summed E-state index contributed by atoms with van der Waals surface area (Å²) in [6, 6.07) is 35.6. The topological polar surface area (TPSA) is 106 Å². The lowest BCUT2D eigenvalue weighted by Crippen LogP contribution is -2.36. The molecule has 1 aliphatic heterocycles. The van der Waals surface area contributed by atoms with E-state index in [2.05, 4.69) is 32.7 Å². The van der Waals surface area contributed by atoms with E-state index in [1.54, 1.807) is 17.5 Å². The van der Waals surface area contributed by atoms with Crippen LogP contribution in [0.5, 0.6) is 5.75 Å². The maximum absolute atomic E-state index is 13.1. The summed E-state index contributed by atoms with van der Waals surface area (Å²) in [4.78, 5) is 30.7. The van der Waals surface area contributed by atoms with Gasteiger partial charge in [0.15, 0.2) is 4.96 Å². The number of rotatable bonds is 11. The minimum absolute atomic E-state index is 0.111. The maximum Gasteiger partial charge on any atom is 0.228 e. The van der Waals surface area contributed by atoms with Crippen LogP contribution in [0.1, 0.15) is 11.1 Å². The molecule has 0 bridgehead atoms. The standard InChI is InChI=1S/C40H35N7O3S/c48-36(25-28-9-15-34(16-10-28)50-27-29-5-2-1-3-6-29)42-32-8-4-7-30(26-32)37-38(47-21-24-51-40(47)45-37)35-17-18-41-39(44-35)43-31-11-13-33(14-12-31)46-19-22-49-23-20-46/h1-18,21,24,26H,19-20,22-23,25,27H2,(H,42,48)(H,41,43,44). The zero-order chi connectivity index (χ0) is 34.4. The number of thiazole rings is 1. The fourth-order valence-electron chi connectivity index (χ4n) is 6.07. The number of hydrogen-bond acceptors (Lipinski definition) is 9. The second-order valence-corrected chi connectivity index (χ2v) is 13.0.